The van der Waals surface area contributed by atoms with Crippen LogP contribution in [0.25, 0.3) is 0 Å². The molecular weight excluding hydrogens is 716 g/mol. The average Bonchev–Trinajstić information content (AvgIpc) is 3.50. The van der Waals surface area contributed by atoms with Crippen LogP contribution in [0.1, 0.15) is 103 Å². The van der Waals surface area contributed by atoms with Gasteiger partial charge < -0.3 is 45.3 Å². The van der Waals surface area contributed by atoms with Crippen molar-refractivity contribution in [3.63, 3.8) is 0 Å². The fraction of sp³-hybridized carbons (Fsp3) is 0.615. The van der Waals surface area contributed by atoms with Crippen LogP contribution in [0, 0.1) is 5.92 Å². The number of hydrogen-bond donors (Lipinski definition) is 6. The molecule has 1 fully saturated rings. The van der Waals surface area contributed by atoms with Gasteiger partial charge in [0.15, 0.2) is 24.2 Å². The number of aromatic amines is 1. The number of H-pyrrole nitrogens is 1. The minimum atomic E-state index is -1.84. The minimum absolute atomic E-state index is 0.0419. The molecule has 4 rings (SSSR count). The van der Waals surface area contributed by atoms with Crippen molar-refractivity contribution >= 4 is 23.5 Å². The van der Waals surface area contributed by atoms with Gasteiger partial charge in [0.1, 0.15) is 18.3 Å². The van der Waals surface area contributed by atoms with Crippen LogP contribution in [0.3, 0.4) is 0 Å². The first-order chi connectivity index (χ1) is 26.5. The van der Waals surface area contributed by atoms with Gasteiger partial charge in [-0.25, -0.2) is 4.79 Å². The fourth-order valence-electron chi connectivity index (χ4n) is 6.79. The number of primary amides is 1. The molecule has 1 aromatic heterocycles. The number of ether oxygens (including phenoxy) is 4. The van der Waals surface area contributed by atoms with E-state index in [4.69, 9.17) is 24.7 Å². The van der Waals surface area contributed by atoms with E-state index in [1.165, 1.54) is 51.4 Å². The molecule has 2 aliphatic rings. The minimum Gasteiger partial charge on any atom is -0.457 e. The second-order valence-corrected chi connectivity index (χ2v) is 14.1. The molecule has 7 N–H and O–H groups in total. The van der Waals surface area contributed by atoms with Crippen LogP contribution in [0.5, 0.6) is 0 Å². The standard InChI is InChI=1S/C39H56N4O12/c1-2-3-4-5-6-7-8-9-10-11-12-13-17-20-30(47)53-33-26(24-44)32(54-37(33)43-22-21-29(46)42-39(43)51)34(35(40)49)55-38-31(48)27(45)23-28(52-38)36(50)41-25-18-15-14-16-19-25/h14-16,18-19,21-23,26-27,31-34,37-38,44-45,48H,2-13,17,20,24H2,1H3,(H2,40,49)(H,41,50)(H,42,46,51)/t26-,27+,31+,32+,33-,34-,37-,38-/m1/s1. The fourth-order valence-corrected chi connectivity index (χ4v) is 6.79. The number of nitrogens with zero attached hydrogens (tertiary/aromatic N) is 1. The van der Waals surface area contributed by atoms with Gasteiger partial charge in [-0.1, -0.05) is 102 Å². The largest absolute Gasteiger partial charge is 0.457 e. The number of carbonyl (C=O) groups is 3. The molecular formula is C39H56N4O12. The molecule has 55 heavy (non-hydrogen) atoms. The molecule has 3 heterocycles. The third-order valence-electron chi connectivity index (χ3n) is 9.82. The maximum Gasteiger partial charge on any atom is 0.330 e. The normalized spacial score (nSPS) is 24.1. The van der Waals surface area contributed by atoms with E-state index >= 15 is 0 Å². The molecule has 0 spiro atoms. The van der Waals surface area contributed by atoms with Crippen LogP contribution >= 0.6 is 0 Å². The molecule has 1 saturated heterocycles. The maximum absolute atomic E-state index is 13.2. The topological polar surface area (TPSA) is 242 Å². The molecule has 1 aromatic carbocycles. The van der Waals surface area contributed by atoms with Crippen molar-refractivity contribution in [1.29, 1.82) is 0 Å². The Morgan fingerprint density at radius 3 is 2.13 bits per heavy atom. The van der Waals surface area contributed by atoms with E-state index in [9.17, 15) is 39.3 Å². The quantitative estimate of drug-likeness (QED) is 0.0706. The Hall–Kier alpha value is -4.35. The second kappa shape index (κ2) is 22.3. The molecule has 16 nitrogen and oxygen atoms in total. The number of esters is 1. The van der Waals surface area contributed by atoms with E-state index < -0.39 is 90.4 Å². The number of rotatable bonds is 23. The van der Waals surface area contributed by atoms with Crippen LogP contribution < -0.4 is 22.3 Å². The number of para-hydroxylation sites is 1. The van der Waals surface area contributed by atoms with Crippen molar-refractivity contribution in [1.82, 2.24) is 9.55 Å². The molecule has 0 unspecified atom stereocenters. The van der Waals surface area contributed by atoms with Crippen LogP contribution in [-0.2, 0) is 33.3 Å². The third-order valence-corrected chi connectivity index (χ3v) is 9.82. The number of carbonyl (C=O) groups excluding carboxylic acids is 3. The first kappa shape index (κ1) is 43.4. The molecule has 0 radical (unpaired) electrons. The van der Waals surface area contributed by atoms with Gasteiger partial charge in [-0.15, -0.1) is 0 Å². The Morgan fingerprint density at radius 2 is 1.55 bits per heavy atom. The summed E-state index contributed by atoms with van der Waals surface area (Å²) in [5.74, 6) is -4.24. The summed E-state index contributed by atoms with van der Waals surface area (Å²) in [6, 6.07) is 9.39. The third kappa shape index (κ3) is 12.9. The highest BCUT2D eigenvalue weighted by Gasteiger charge is 2.54. The molecule has 2 aliphatic heterocycles. The Kier molecular flexibility index (Phi) is 17.6. The summed E-state index contributed by atoms with van der Waals surface area (Å²) in [5.41, 5.74) is 4.52. The van der Waals surface area contributed by atoms with Crippen molar-refractivity contribution in [3.05, 3.63) is 75.3 Å². The molecule has 304 valence electrons. The Bertz CT molecular complexity index is 1660. The Balaban J connectivity index is 1.40. The highest BCUT2D eigenvalue weighted by atomic mass is 16.7. The number of hydrogen-bond acceptors (Lipinski definition) is 12. The zero-order valence-corrected chi connectivity index (χ0v) is 31.4. The SMILES string of the molecule is CCCCCCCCCCCCCCCC(=O)O[C@@H]1[C@H](CO)[C@@H]([C@@H](O[C@H]2OC(C(=O)Nc3ccccc3)=C[C@H](O)[C@@H]2O)C(N)=O)O[C@H]1n1ccc(=O)[nH]c1=O. The van der Waals surface area contributed by atoms with E-state index in [0.717, 1.165) is 48.6 Å². The van der Waals surface area contributed by atoms with Gasteiger partial charge in [0.25, 0.3) is 11.5 Å². The van der Waals surface area contributed by atoms with Crippen molar-refractivity contribution in [2.75, 3.05) is 11.9 Å². The van der Waals surface area contributed by atoms with Crippen molar-refractivity contribution < 1.29 is 48.7 Å². The maximum atomic E-state index is 13.2. The van der Waals surface area contributed by atoms with Gasteiger partial charge >= 0.3 is 11.7 Å². The van der Waals surface area contributed by atoms with Gasteiger partial charge in [-0.05, 0) is 24.6 Å². The van der Waals surface area contributed by atoms with Crippen LogP contribution in [0.15, 0.2) is 64.0 Å². The average molecular weight is 773 g/mol. The number of anilines is 1. The van der Waals surface area contributed by atoms with E-state index in [1.54, 1.807) is 30.3 Å². The number of aliphatic hydroxyl groups is 3. The smallest absolute Gasteiger partial charge is 0.330 e. The summed E-state index contributed by atoms with van der Waals surface area (Å²) >= 11 is 0. The molecule has 0 aliphatic carbocycles. The summed E-state index contributed by atoms with van der Waals surface area (Å²) < 4.78 is 24.2. The number of aromatic nitrogens is 2. The van der Waals surface area contributed by atoms with Crippen molar-refractivity contribution in [3.8, 4) is 0 Å². The lowest BCUT2D eigenvalue weighted by Crippen LogP contribution is -2.53. The summed E-state index contributed by atoms with van der Waals surface area (Å²) in [6.07, 6.45) is 5.26. The van der Waals surface area contributed by atoms with Gasteiger partial charge in [0.05, 0.1) is 12.5 Å². The number of nitrogens with one attached hydrogen (secondary N) is 2. The van der Waals surface area contributed by atoms with E-state index in [2.05, 4.69) is 17.2 Å². The van der Waals surface area contributed by atoms with Gasteiger partial charge in [-0.3, -0.25) is 28.7 Å². The highest BCUT2D eigenvalue weighted by Crippen LogP contribution is 2.39. The number of aliphatic hydroxyl groups excluding tert-OH is 3. The zero-order chi connectivity index (χ0) is 39.7. The highest BCUT2D eigenvalue weighted by molar-refractivity contribution is 6.02. The number of unbranched alkanes of at least 4 members (excludes halogenated alkanes) is 12. The Labute approximate surface area is 320 Å². The predicted octanol–water partition coefficient (Wildman–Crippen LogP) is 2.91. The number of nitrogens with two attached hydrogens (primary N) is 1. The summed E-state index contributed by atoms with van der Waals surface area (Å²) in [7, 11) is 0. The van der Waals surface area contributed by atoms with Crippen LogP contribution in [0.4, 0.5) is 5.69 Å². The summed E-state index contributed by atoms with van der Waals surface area (Å²) in [4.78, 5) is 65.8. The molecule has 0 saturated carbocycles. The van der Waals surface area contributed by atoms with Gasteiger partial charge in [-0.2, -0.15) is 0 Å². The molecule has 8 atom stereocenters. The molecule has 16 heteroatoms. The first-order valence-electron chi connectivity index (χ1n) is 19.4. The van der Waals surface area contributed by atoms with Gasteiger partial charge in [0, 0.05) is 24.4 Å². The van der Waals surface area contributed by atoms with Gasteiger partial charge in [0.2, 0.25) is 12.2 Å². The number of benzene rings is 1. The lowest BCUT2D eigenvalue weighted by molar-refractivity contribution is -0.239. The lowest BCUT2D eigenvalue weighted by atomic mass is 9.94. The summed E-state index contributed by atoms with van der Waals surface area (Å²) in [6.45, 7) is 1.47. The monoisotopic (exact) mass is 772 g/mol. The van der Waals surface area contributed by atoms with E-state index in [-0.39, 0.29) is 6.42 Å². The Morgan fingerprint density at radius 1 is 0.927 bits per heavy atom. The molecule has 0 bridgehead atoms. The van der Waals surface area contributed by atoms with Crippen LogP contribution in [-0.4, -0.2) is 86.1 Å². The van der Waals surface area contributed by atoms with Crippen molar-refractivity contribution in [2.45, 2.75) is 140 Å². The summed E-state index contributed by atoms with van der Waals surface area (Å²) in [5, 5.41) is 34.4. The van der Waals surface area contributed by atoms with E-state index in [1.807, 2.05) is 0 Å². The van der Waals surface area contributed by atoms with Crippen LogP contribution in [0.2, 0.25) is 0 Å². The molecule has 2 amide bonds. The first-order valence-corrected chi connectivity index (χ1v) is 19.4. The predicted molar refractivity (Wildman–Crippen MR) is 200 cm³/mol. The van der Waals surface area contributed by atoms with Crippen molar-refractivity contribution in [2.24, 2.45) is 11.7 Å². The van der Waals surface area contributed by atoms with E-state index in [0.29, 0.717) is 12.1 Å². The molecule has 2 aromatic rings. The zero-order valence-electron chi connectivity index (χ0n) is 31.4. The second-order valence-electron chi connectivity index (χ2n) is 14.1. The number of amides is 2. The lowest BCUT2D eigenvalue weighted by Gasteiger charge is -2.35.